The largest absolute Gasteiger partial charge is 0.324 e. The number of pyridine rings is 1. The second-order valence-corrected chi connectivity index (χ2v) is 10.7. The Hall–Kier alpha value is -3.69. The summed E-state index contributed by atoms with van der Waals surface area (Å²) in [5.41, 5.74) is 7.17. The molecule has 1 aromatic heterocycles. The number of allylic oxidation sites excluding steroid dienone is 7. The number of aryl methyl sites for hydroxylation is 1. The van der Waals surface area contributed by atoms with Crippen molar-refractivity contribution < 1.29 is 9.59 Å². The van der Waals surface area contributed by atoms with Crippen LogP contribution in [0.5, 0.6) is 0 Å². The molecule has 0 aromatic carbocycles. The fourth-order valence-corrected chi connectivity index (χ4v) is 5.22. The summed E-state index contributed by atoms with van der Waals surface area (Å²) in [6.45, 7) is 12.4. The predicted molar refractivity (Wildman–Crippen MR) is 159 cm³/mol. The molecular weight excluding hydrogens is 484 g/mol. The Morgan fingerprint density at radius 3 is 2.72 bits per heavy atom. The lowest BCUT2D eigenvalue weighted by molar-refractivity contribution is -0.117. The van der Waals surface area contributed by atoms with Crippen LogP contribution in [0.15, 0.2) is 71.0 Å². The maximum absolute atomic E-state index is 13.3. The minimum Gasteiger partial charge on any atom is -0.324 e. The summed E-state index contributed by atoms with van der Waals surface area (Å²) in [4.78, 5) is 32.5. The standard InChI is InChI=1S/C33H40N4O2/c1-5-26(18-28-19-29(17-23(2)24(28)3)27-13-9-6-7-10-14-27)33(39)36-31-20-30(21-34-25(31)4)35-32(38)22-37-15-11-8-12-16-37/h5,13,18-21,23H,1,6,8-9,11-12,14-17,22H2,2-4H3,(H,35,38)(H,36,39)/b26-18+. The van der Waals surface area contributed by atoms with Crippen molar-refractivity contribution in [1.29, 1.82) is 0 Å². The van der Waals surface area contributed by atoms with Gasteiger partial charge in [-0.3, -0.25) is 19.5 Å². The van der Waals surface area contributed by atoms with E-state index in [9.17, 15) is 9.59 Å². The zero-order valence-electron chi connectivity index (χ0n) is 23.5. The first-order valence-corrected chi connectivity index (χ1v) is 14.0. The summed E-state index contributed by atoms with van der Waals surface area (Å²) in [5.74, 6) is 6.52. The van der Waals surface area contributed by atoms with Crippen molar-refractivity contribution in [3.63, 3.8) is 0 Å². The number of anilines is 2. The first-order chi connectivity index (χ1) is 18.8. The van der Waals surface area contributed by atoms with E-state index in [1.807, 2.05) is 13.0 Å². The summed E-state index contributed by atoms with van der Waals surface area (Å²) < 4.78 is 0. The Labute approximate surface area is 233 Å². The lowest BCUT2D eigenvalue weighted by Gasteiger charge is -2.25. The van der Waals surface area contributed by atoms with E-state index in [0.717, 1.165) is 57.2 Å². The number of nitrogens with zero attached hydrogens (tertiary/aromatic N) is 2. The van der Waals surface area contributed by atoms with Crippen molar-refractivity contribution in [3.05, 3.63) is 76.7 Å². The Bertz CT molecular complexity index is 1310. The number of piperidine rings is 1. The third kappa shape index (κ3) is 7.68. The second-order valence-electron chi connectivity index (χ2n) is 10.7. The topological polar surface area (TPSA) is 74.3 Å². The van der Waals surface area contributed by atoms with Gasteiger partial charge in [-0.15, -0.1) is 5.92 Å². The number of hydrogen-bond acceptors (Lipinski definition) is 4. The van der Waals surface area contributed by atoms with E-state index in [2.05, 4.69) is 64.9 Å². The quantitative estimate of drug-likeness (QED) is 0.239. The van der Waals surface area contributed by atoms with E-state index in [-0.39, 0.29) is 11.8 Å². The molecule has 2 amide bonds. The highest BCUT2D eigenvalue weighted by Gasteiger charge is 2.20. The Balaban J connectivity index is 1.49. The summed E-state index contributed by atoms with van der Waals surface area (Å²) >= 11 is 0. The van der Waals surface area contributed by atoms with Gasteiger partial charge in [0.25, 0.3) is 5.91 Å². The van der Waals surface area contributed by atoms with Crippen molar-refractivity contribution in [2.45, 2.75) is 65.7 Å². The minimum absolute atomic E-state index is 0.0716. The molecule has 0 saturated carbocycles. The molecule has 4 rings (SSSR count). The molecule has 2 aliphatic carbocycles. The van der Waals surface area contributed by atoms with Crippen LogP contribution in [0.25, 0.3) is 0 Å². The van der Waals surface area contributed by atoms with Crippen LogP contribution < -0.4 is 10.6 Å². The van der Waals surface area contributed by atoms with Crippen LogP contribution in [0.4, 0.5) is 11.4 Å². The first-order valence-electron chi connectivity index (χ1n) is 14.0. The van der Waals surface area contributed by atoms with Crippen LogP contribution in [0.3, 0.4) is 0 Å². The molecule has 0 bridgehead atoms. The number of carbonyl (C=O) groups is 2. The highest BCUT2D eigenvalue weighted by Crippen LogP contribution is 2.35. The highest BCUT2D eigenvalue weighted by atomic mass is 16.2. The first kappa shape index (κ1) is 28.3. The minimum atomic E-state index is -0.264. The number of likely N-dealkylation sites (tertiary alicyclic amines) is 1. The lowest BCUT2D eigenvalue weighted by atomic mass is 9.81. The number of nitrogens with one attached hydrogen (secondary N) is 2. The van der Waals surface area contributed by atoms with Crippen LogP contribution in [0.2, 0.25) is 0 Å². The van der Waals surface area contributed by atoms with Crippen molar-refractivity contribution in [2.24, 2.45) is 5.92 Å². The molecule has 1 aliphatic heterocycles. The zero-order valence-corrected chi connectivity index (χ0v) is 23.5. The van der Waals surface area contributed by atoms with E-state index >= 15 is 0 Å². The molecule has 1 saturated heterocycles. The maximum atomic E-state index is 13.3. The van der Waals surface area contributed by atoms with Gasteiger partial charge < -0.3 is 10.6 Å². The van der Waals surface area contributed by atoms with Crippen LogP contribution in [-0.4, -0.2) is 41.3 Å². The van der Waals surface area contributed by atoms with E-state index in [1.165, 1.54) is 23.1 Å². The summed E-state index contributed by atoms with van der Waals surface area (Å²) in [6, 6.07) is 1.76. The number of rotatable bonds is 8. The van der Waals surface area contributed by atoms with Gasteiger partial charge in [0.1, 0.15) is 0 Å². The molecule has 2 N–H and O–H groups in total. The van der Waals surface area contributed by atoms with Gasteiger partial charge >= 0.3 is 0 Å². The summed E-state index contributed by atoms with van der Waals surface area (Å²) in [7, 11) is 0. The molecule has 1 unspecified atom stereocenters. The summed E-state index contributed by atoms with van der Waals surface area (Å²) in [6.07, 6.45) is 16.8. The van der Waals surface area contributed by atoms with Gasteiger partial charge in [-0.25, -0.2) is 0 Å². The predicted octanol–water partition coefficient (Wildman–Crippen LogP) is 6.26. The van der Waals surface area contributed by atoms with Gasteiger partial charge in [0.2, 0.25) is 5.91 Å². The third-order valence-corrected chi connectivity index (χ3v) is 7.75. The van der Waals surface area contributed by atoms with Crippen LogP contribution in [0, 0.1) is 24.7 Å². The van der Waals surface area contributed by atoms with Crippen molar-refractivity contribution in [3.8, 4) is 11.8 Å². The fourth-order valence-electron chi connectivity index (χ4n) is 5.22. The molecule has 1 aromatic rings. The average Bonchev–Trinajstić information content (AvgIpc) is 3.21. The molecule has 204 valence electrons. The molecule has 0 spiro atoms. The maximum Gasteiger partial charge on any atom is 0.255 e. The smallest absolute Gasteiger partial charge is 0.255 e. The Kier molecular flexibility index (Phi) is 9.73. The van der Waals surface area contributed by atoms with Crippen molar-refractivity contribution in [1.82, 2.24) is 9.88 Å². The number of hydrogen-bond donors (Lipinski definition) is 2. The summed E-state index contributed by atoms with van der Waals surface area (Å²) in [5, 5.41) is 5.91. The van der Waals surface area contributed by atoms with Gasteiger partial charge in [0.15, 0.2) is 0 Å². The normalized spacial score (nSPS) is 20.2. The molecule has 2 heterocycles. The SMILES string of the molecule is C=C/C(=C\C1=C(C)C(C)CC(C2=CCCC#CC2)=C1)C(=O)Nc1cc(NC(=O)CN2CCCCC2)cnc1C. The Morgan fingerprint density at radius 2 is 1.95 bits per heavy atom. The molecule has 3 aliphatic rings. The van der Waals surface area contributed by atoms with Gasteiger partial charge in [0.05, 0.1) is 29.8 Å². The van der Waals surface area contributed by atoms with E-state index in [4.69, 9.17) is 0 Å². The molecule has 0 radical (unpaired) electrons. The second kappa shape index (κ2) is 13.4. The van der Waals surface area contributed by atoms with Crippen LogP contribution >= 0.6 is 0 Å². The van der Waals surface area contributed by atoms with Gasteiger partial charge in [0, 0.05) is 18.4 Å². The molecule has 1 atom stereocenters. The number of aromatic nitrogens is 1. The van der Waals surface area contributed by atoms with E-state index in [1.54, 1.807) is 18.3 Å². The van der Waals surface area contributed by atoms with Crippen molar-refractivity contribution >= 4 is 23.2 Å². The average molecular weight is 525 g/mol. The molecule has 6 nitrogen and oxygen atoms in total. The van der Waals surface area contributed by atoms with Gasteiger partial charge in [-0.05, 0) is 87.4 Å². The van der Waals surface area contributed by atoms with Gasteiger partial charge in [-0.1, -0.05) is 49.6 Å². The highest BCUT2D eigenvalue weighted by molar-refractivity contribution is 6.06. The third-order valence-electron chi connectivity index (χ3n) is 7.75. The number of amides is 2. The van der Waals surface area contributed by atoms with E-state index in [0.29, 0.717) is 35.1 Å². The Morgan fingerprint density at radius 1 is 1.15 bits per heavy atom. The number of carbonyl (C=O) groups excluding carboxylic acids is 2. The van der Waals surface area contributed by atoms with E-state index < -0.39 is 0 Å². The monoisotopic (exact) mass is 524 g/mol. The van der Waals surface area contributed by atoms with Gasteiger partial charge in [-0.2, -0.15) is 0 Å². The lowest BCUT2D eigenvalue weighted by Crippen LogP contribution is -2.36. The van der Waals surface area contributed by atoms with Crippen LogP contribution in [0.1, 0.15) is 64.5 Å². The van der Waals surface area contributed by atoms with Crippen molar-refractivity contribution in [2.75, 3.05) is 30.3 Å². The zero-order chi connectivity index (χ0) is 27.8. The molecule has 39 heavy (non-hydrogen) atoms. The molecule has 1 fully saturated rings. The molecular formula is C33H40N4O2. The fraction of sp³-hybridized carbons (Fsp3) is 0.424. The molecule has 6 heteroatoms. The van der Waals surface area contributed by atoms with Crippen LogP contribution in [-0.2, 0) is 9.59 Å².